The number of hydrogen-bond donors (Lipinski definition) is 4. The highest BCUT2D eigenvalue weighted by atomic mass is 32.2. The van der Waals surface area contributed by atoms with Gasteiger partial charge in [0.1, 0.15) is 0 Å². The Morgan fingerprint density at radius 1 is 1.04 bits per heavy atom. The predicted molar refractivity (Wildman–Crippen MR) is 94.2 cm³/mol. The molecular formula is C16H30N4O2S. The zero-order valence-corrected chi connectivity index (χ0v) is 14.6. The van der Waals surface area contributed by atoms with Crippen molar-refractivity contribution in [3.63, 3.8) is 0 Å². The first kappa shape index (κ1) is 18.4. The van der Waals surface area contributed by atoms with Gasteiger partial charge in [0.05, 0.1) is 0 Å². The Bertz CT molecular complexity index is 400. The van der Waals surface area contributed by atoms with Crippen LogP contribution in [-0.2, 0) is 4.79 Å². The number of urea groups is 1. The monoisotopic (exact) mass is 342 g/mol. The summed E-state index contributed by atoms with van der Waals surface area (Å²) in [6, 6.07) is 0.424. The molecule has 0 aromatic carbocycles. The van der Waals surface area contributed by atoms with Crippen LogP contribution >= 0.6 is 11.8 Å². The minimum absolute atomic E-state index is 0.179. The third-order valence-electron chi connectivity index (χ3n) is 4.74. The minimum Gasteiger partial charge on any atom is -0.353 e. The molecule has 7 heteroatoms. The molecule has 2 aliphatic rings. The normalized spacial score (nSPS) is 30.8. The molecule has 6 N–H and O–H groups in total. The number of hydrogen-bond acceptors (Lipinski definition) is 4. The lowest BCUT2D eigenvalue weighted by Gasteiger charge is -2.26. The molecule has 1 saturated heterocycles. The topological polar surface area (TPSA) is 110 Å². The highest BCUT2D eigenvalue weighted by molar-refractivity contribution is 8.00. The first-order valence-electron chi connectivity index (χ1n) is 8.75. The van der Waals surface area contributed by atoms with Crippen LogP contribution in [0.5, 0.6) is 0 Å². The average molecular weight is 343 g/mol. The molecule has 2 fully saturated rings. The van der Waals surface area contributed by atoms with E-state index in [-0.39, 0.29) is 11.9 Å². The summed E-state index contributed by atoms with van der Waals surface area (Å²) in [7, 11) is 0. The van der Waals surface area contributed by atoms with E-state index in [0.717, 1.165) is 57.1 Å². The highest BCUT2D eigenvalue weighted by Gasteiger charge is 2.25. The standard InChI is InChI=1S/C16H30N4O2S/c17-11-5-7-12(8-6-11)19-15(21)4-2-1-3-14-9-13(10-23-14)20-16(18)22/h11-14H,1-10,17H2,(H,19,21)(H3,18,20,22)/t11-,12-,13-,14+/m1/s1. The average Bonchev–Trinajstić information content (AvgIpc) is 2.93. The molecule has 1 aliphatic heterocycles. The van der Waals surface area contributed by atoms with Gasteiger partial charge >= 0.3 is 6.03 Å². The largest absolute Gasteiger partial charge is 0.353 e. The van der Waals surface area contributed by atoms with Crippen LogP contribution in [0.25, 0.3) is 0 Å². The van der Waals surface area contributed by atoms with Gasteiger partial charge in [-0.2, -0.15) is 11.8 Å². The van der Waals surface area contributed by atoms with Gasteiger partial charge in [0.15, 0.2) is 0 Å². The van der Waals surface area contributed by atoms with E-state index in [2.05, 4.69) is 10.6 Å². The number of primary amides is 1. The first-order valence-corrected chi connectivity index (χ1v) is 9.80. The summed E-state index contributed by atoms with van der Waals surface area (Å²) in [6.07, 6.45) is 8.76. The maximum absolute atomic E-state index is 12.0. The molecule has 1 heterocycles. The van der Waals surface area contributed by atoms with Crippen molar-refractivity contribution in [2.24, 2.45) is 11.5 Å². The van der Waals surface area contributed by atoms with Gasteiger partial charge in [0.2, 0.25) is 5.91 Å². The number of unbranched alkanes of at least 4 members (excludes halogenated alkanes) is 1. The van der Waals surface area contributed by atoms with Crippen molar-refractivity contribution in [2.75, 3.05) is 5.75 Å². The van der Waals surface area contributed by atoms with Crippen molar-refractivity contribution in [1.82, 2.24) is 10.6 Å². The van der Waals surface area contributed by atoms with Crippen LogP contribution in [0.3, 0.4) is 0 Å². The van der Waals surface area contributed by atoms with Crippen LogP contribution in [-0.4, -0.2) is 41.1 Å². The Morgan fingerprint density at radius 3 is 2.48 bits per heavy atom. The molecule has 0 aromatic heterocycles. The Hall–Kier alpha value is -0.950. The fourth-order valence-corrected chi connectivity index (χ4v) is 4.86. The number of carbonyl (C=O) groups excluding carboxylic acids is 2. The SMILES string of the molecule is NC(=O)N[C@H]1CS[C@@H](CCCCC(=O)N[C@H]2CC[C@H](N)CC2)C1. The van der Waals surface area contributed by atoms with Gasteiger partial charge in [-0.1, -0.05) is 6.42 Å². The van der Waals surface area contributed by atoms with Crippen LogP contribution in [0.4, 0.5) is 4.79 Å². The second-order valence-electron chi connectivity index (χ2n) is 6.82. The maximum atomic E-state index is 12.0. The smallest absolute Gasteiger partial charge is 0.312 e. The molecule has 0 radical (unpaired) electrons. The van der Waals surface area contributed by atoms with E-state index in [4.69, 9.17) is 11.5 Å². The summed E-state index contributed by atoms with van der Waals surface area (Å²) in [4.78, 5) is 22.8. The first-order chi connectivity index (χ1) is 11.0. The van der Waals surface area contributed by atoms with Crippen LogP contribution in [0, 0.1) is 0 Å². The molecule has 0 spiro atoms. The van der Waals surface area contributed by atoms with Crippen LogP contribution < -0.4 is 22.1 Å². The van der Waals surface area contributed by atoms with E-state index in [9.17, 15) is 9.59 Å². The lowest BCUT2D eigenvalue weighted by molar-refractivity contribution is -0.122. The third kappa shape index (κ3) is 6.99. The molecule has 0 unspecified atom stereocenters. The van der Waals surface area contributed by atoms with E-state index in [1.165, 1.54) is 0 Å². The summed E-state index contributed by atoms with van der Waals surface area (Å²) in [6.45, 7) is 0. The number of amides is 3. The van der Waals surface area contributed by atoms with Gasteiger partial charge in [-0.25, -0.2) is 4.79 Å². The quantitative estimate of drug-likeness (QED) is 0.525. The molecule has 132 valence electrons. The minimum atomic E-state index is -0.434. The van der Waals surface area contributed by atoms with Gasteiger partial charge < -0.3 is 22.1 Å². The number of nitrogens with two attached hydrogens (primary N) is 2. The van der Waals surface area contributed by atoms with Crippen molar-refractivity contribution in [3.05, 3.63) is 0 Å². The fourth-order valence-electron chi connectivity index (χ4n) is 3.43. The molecule has 1 aliphatic carbocycles. The molecule has 1 saturated carbocycles. The third-order valence-corrected chi connectivity index (χ3v) is 6.24. The maximum Gasteiger partial charge on any atom is 0.312 e. The lowest BCUT2D eigenvalue weighted by Crippen LogP contribution is -2.40. The Balaban J connectivity index is 1.50. The zero-order valence-electron chi connectivity index (χ0n) is 13.8. The summed E-state index contributed by atoms with van der Waals surface area (Å²) >= 11 is 1.90. The molecule has 3 amide bonds. The van der Waals surface area contributed by atoms with E-state index in [0.29, 0.717) is 23.8 Å². The molecule has 2 rings (SSSR count). The van der Waals surface area contributed by atoms with Crippen LogP contribution in [0.2, 0.25) is 0 Å². The van der Waals surface area contributed by atoms with Crippen LogP contribution in [0.15, 0.2) is 0 Å². The Kier molecular flexibility index (Phi) is 7.49. The van der Waals surface area contributed by atoms with Gasteiger partial charge in [-0.15, -0.1) is 0 Å². The van der Waals surface area contributed by atoms with Crippen molar-refractivity contribution >= 4 is 23.7 Å². The molecular weight excluding hydrogens is 312 g/mol. The van der Waals surface area contributed by atoms with E-state index < -0.39 is 6.03 Å². The van der Waals surface area contributed by atoms with Crippen LogP contribution in [0.1, 0.15) is 57.8 Å². The van der Waals surface area contributed by atoms with Gasteiger partial charge in [-0.05, 0) is 44.9 Å². The number of nitrogens with one attached hydrogen (secondary N) is 2. The van der Waals surface area contributed by atoms with Gasteiger partial charge in [0.25, 0.3) is 0 Å². The Labute approximate surface area is 142 Å². The summed E-state index contributed by atoms with van der Waals surface area (Å²) in [5.41, 5.74) is 11.0. The summed E-state index contributed by atoms with van der Waals surface area (Å²) < 4.78 is 0. The second kappa shape index (κ2) is 9.37. The molecule has 6 nitrogen and oxygen atoms in total. The van der Waals surface area contributed by atoms with Crippen molar-refractivity contribution in [1.29, 1.82) is 0 Å². The van der Waals surface area contributed by atoms with Crippen molar-refractivity contribution in [2.45, 2.75) is 81.2 Å². The number of carbonyl (C=O) groups is 2. The predicted octanol–water partition coefficient (Wildman–Crippen LogP) is 1.48. The van der Waals surface area contributed by atoms with E-state index >= 15 is 0 Å². The van der Waals surface area contributed by atoms with Crippen molar-refractivity contribution in [3.8, 4) is 0 Å². The summed E-state index contributed by atoms with van der Waals surface area (Å²) in [5.74, 6) is 1.12. The van der Waals surface area contributed by atoms with E-state index in [1.54, 1.807) is 0 Å². The molecule has 23 heavy (non-hydrogen) atoms. The summed E-state index contributed by atoms with van der Waals surface area (Å²) in [5, 5.41) is 6.49. The number of rotatable bonds is 7. The highest BCUT2D eigenvalue weighted by Crippen LogP contribution is 2.30. The lowest BCUT2D eigenvalue weighted by atomic mass is 9.92. The molecule has 2 atom stereocenters. The van der Waals surface area contributed by atoms with E-state index in [1.807, 2.05) is 11.8 Å². The van der Waals surface area contributed by atoms with Gasteiger partial charge in [-0.3, -0.25) is 4.79 Å². The van der Waals surface area contributed by atoms with Crippen molar-refractivity contribution < 1.29 is 9.59 Å². The molecule has 0 bridgehead atoms. The number of thioether (sulfide) groups is 1. The Morgan fingerprint density at radius 2 is 1.78 bits per heavy atom. The molecule has 0 aromatic rings. The fraction of sp³-hybridized carbons (Fsp3) is 0.875. The zero-order chi connectivity index (χ0) is 16.7. The van der Waals surface area contributed by atoms with Gasteiger partial charge in [0, 0.05) is 35.5 Å². The second-order valence-corrected chi connectivity index (χ2v) is 8.15.